The van der Waals surface area contributed by atoms with Crippen molar-refractivity contribution in [3.8, 4) is 5.75 Å². The lowest BCUT2D eigenvalue weighted by molar-refractivity contribution is 0.472. The van der Waals surface area contributed by atoms with Crippen LogP contribution in [0.4, 0.5) is 51.7 Å². The molecule has 0 spiro atoms. The Morgan fingerprint density at radius 2 is 0.896 bits per heavy atom. The van der Waals surface area contributed by atoms with Crippen LogP contribution in [0.5, 0.6) is 5.75 Å². The van der Waals surface area contributed by atoms with E-state index in [1.54, 1.807) is 0 Å². The molecular weight excluding hydrogens is 1040 g/mol. The fourth-order valence-corrected chi connectivity index (χ4v) is 9.27. The number of azo groups is 2. The van der Waals surface area contributed by atoms with Gasteiger partial charge in [0.1, 0.15) is 42.3 Å². The highest BCUT2D eigenvalue weighted by atomic mass is 35.5. The molecule has 0 atom stereocenters. The number of benzene rings is 5. The van der Waals surface area contributed by atoms with Crippen LogP contribution in [0, 0.1) is 0 Å². The number of nitrogen functional groups attached to an aromatic ring is 1. The van der Waals surface area contributed by atoms with Crippen molar-refractivity contribution in [1.82, 2.24) is 15.0 Å². The van der Waals surface area contributed by atoms with Gasteiger partial charge in [0, 0.05) is 11.4 Å². The van der Waals surface area contributed by atoms with Crippen molar-refractivity contribution in [2.24, 2.45) is 20.5 Å². The van der Waals surface area contributed by atoms with Crippen LogP contribution in [0.3, 0.4) is 0 Å². The Bertz CT molecular complexity index is 3840. The van der Waals surface area contributed by atoms with Crippen LogP contribution in [0.1, 0.15) is 0 Å². The Hall–Kier alpha value is -6.48. The predicted molar refractivity (Wildman–Crippen MR) is 228 cm³/mol. The predicted octanol–water partition coefficient (Wildman–Crippen LogP) is 4.76. The molecule has 0 aliphatic heterocycles. The number of nitrogens with one attached hydrogen (secondary N) is 2. The van der Waals surface area contributed by atoms with Gasteiger partial charge in [0.2, 0.25) is 17.2 Å². The summed E-state index contributed by atoms with van der Waals surface area (Å²) in [5.74, 6) is -2.00. The monoisotopic (exact) mass is 1070 g/mol. The van der Waals surface area contributed by atoms with Gasteiger partial charge >= 0.3 is 0 Å². The highest BCUT2D eigenvalue weighted by molar-refractivity contribution is 7.87. The molecule has 0 unspecified atom stereocenters. The summed E-state index contributed by atoms with van der Waals surface area (Å²) < 4.78 is 204. The quantitative estimate of drug-likeness (QED) is 0.0399. The number of hydrogen-bond donors (Lipinski definition) is 10. The van der Waals surface area contributed by atoms with Crippen molar-refractivity contribution in [3.63, 3.8) is 0 Å². The van der Waals surface area contributed by atoms with Crippen LogP contribution in [0.15, 0.2) is 123 Å². The fourth-order valence-electron chi connectivity index (χ4n) is 5.59. The first-order valence-corrected chi connectivity index (χ1v) is 25.9. The first kappa shape index (κ1) is 49.9. The number of aromatic hydroxyl groups is 1. The lowest BCUT2D eigenvalue weighted by atomic mass is 10.1. The number of phenolic OH excluding ortho intramolecular Hbond substituents is 1. The van der Waals surface area contributed by atoms with E-state index in [9.17, 15) is 82.9 Å². The third-order valence-electron chi connectivity index (χ3n) is 8.40. The summed E-state index contributed by atoms with van der Waals surface area (Å²) in [6.07, 6.45) is 0. The Balaban J connectivity index is 1.48. The standard InChI is InChI=1S/C31H23ClN10O19S6/c32-29-36-30(34-14-1-4-16(5-2-14)62(44,45)46)38-31(37-29)35-15-3-7-20(64(50,51)52)18(11-15)39-42-27-23(67(59,60)61)10-13-9-22(66(56,57)58)26(25(33)24(13)28(27)43)41-40-19-12-17(63(47,48)49)6-8-21(19)65(53,54)55/h1-12,43H,33H2,(H,44,45,46)(H,47,48,49)(H,50,51,52)(H,53,54,55)(H,56,57,58)(H,59,60,61)(H2,34,35,36,37,38). The van der Waals surface area contributed by atoms with E-state index in [0.29, 0.717) is 30.3 Å². The van der Waals surface area contributed by atoms with E-state index < -0.39 is 140 Å². The Labute approximate surface area is 380 Å². The van der Waals surface area contributed by atoms with Gasteiger partial charge in [-0.1, -0.05) is 0 Å². The fraction of sp³-hybridized carbons (Fsp3) is 0. The van der Waals surface area contributed by atoms with Gasteiger partial charge in [0.15, 0.2) is 5.75 Å². The molecule has 11 N–H and O–H groups in total. The van der Waals surface area contributed by atoms with Gasteiger partial charge in [0.25, 0.3) is 60.7 Å². The number of anilines is 5. The van der Waals surface area contributed by atoms with Crippen molar-refractivity contribution in [1.29, 1.82) is 0 Å². The maximum absolute atomic E-state index is 12.6. The summed E-state index contributed by atoms with van der Waals surface area (Å²) >= 11 is 6.03. The number of halogens is 1. The average molecular weight is 1070 g/mol. The van der Waals surface area contributed by atoms with Gasteiger partial charge in [-0.3, -0.25) is 27.3 Å². The molecule has 29 nitrogen and oxygen atoms in total. The minimum absolute atomic E-state index is 0.166. The molecule has 1 aromatic heterocycles. The smallest absolute Gasteiger partial charge is 0.296 e. The largest absolute Gasteiger partial charge is 0.505 e. The molecule has 0 fully saturated rings. The molecule has 6 aromatic rings. The van der Waals surface area contributed by atoms with Crippen LogP contribution in [0.25, 0.3) is 10.8 Å². The number of nitrogens with zero attached hydrogens (tertiary/aromatic N) is 7. The molecule has 1 heterocycles. The summed E-state index contributed by atoms with van der Waals surface area (Å²) in [7, 11) is -31.1. The Morgan fingerprint density at radius 3 is 1.39 bits per heavy atom. The highest BCUT2D eigenvalue weighted by Crippen LogP contribution is 2.49. The lowest BCUT2D eigenvalue weighted by Crippen LogP contribution is -2.05. The average Bonchev–Trinajstić information content (AvgIpc) is 3.17. The van der Waals surface area contributed by atoms with Crippen molar-refractivity contribution >= 4 is 135 Å². The van der Waals surface area contributed by atoms with E-state index in [1.165, 1.54) is 12.1 Å². The van der Waals surface area contributed by atoms with Crippen LogP contribution >= 0.6 is 11.6 Å². The van der Waals surface area contributed by atoms with E-state index in [4.69, 9.17) is 17.3 Å². The van der Waals surface area contributed by atoms with Gasteiger partial charge in [-0.15, -0.1) is 20.5 Å². The zero-order valence-corrected chi connectivity index (χ0v) is 37.6. The molecule has 36 heteroatoms. The zero-order chi connectivity index (χ0) is 49.8. The second-order valence-electron chi connectivity index (χ2n) is 12.9. The Kier molecular flexibility index (Phi) is 13.1. The number of rotatable bonds is 14. The summed E-state index contributed by atoms with van der Waals surface area (Å²) in [6.45, 7) is 0. The molecule has 0 aliphatic rings. The van der Waals surface area contributed by atoms with Crippen LogP contribution in [-0.2, 0) is 60.7 Å². The summed E-state index contributed by atoms with van der Waals surface area (Å²) in [4.78, 5) is 5.48. The topological polar surface area (TPSA) is 485 Å². The third-order valence-corrected chi connectivity index (χ3v) is 13.8. The van der Waals surface area contributed by atoms with Crippen molar-refractivity contribution in [3.05, 3.63) is 78.1 Å². The molecule has 6 rings (SSSR count). The Morgan fingerprint density at radius 1 is 0.478 bits per heavy atom. The number of fused-ring (bicyclic) bond motifs is 1. The van der Waals surface area contributed by atoms with E-state index in [-0.39, 0.29) is 23.3 Å². The van der Waals surface area contributed by atoms with Crippen LogP contribution in [-0.4, -0.2) is 97.9 Å². The second kappa shape index (κ2) is 17.6. The van der Waals surface area contributed by atoms with Gasteiger partial charge in [-0.05, 0) is 89.8 Å². The van der Waals surface area contributed by atoms with Crippen molar-refractivity contribution in [2.75, 3.05) is 16.4 Å². The molecule has 0 saturated carbocycles. The summed E-state index contributed by atoms with van der Waals surface area (Å²) in [5.41, 5.74) is 0.774. The summed E-state index contributed by atoms with van der Waals surface area (Å²) in [5, 5.41) is 28.9. The van der Waals surface area contributed by atoms with Crippen molar-refractivity contribution in [2.45, 2.75) is 29.4 Å². The van der Waals surface area contributed by atoms with E-state index in [1.807, 2.05) is 0 Å². The molecular formula is C31H23ClN10O19S6. The molecule has 0 amide bonds. The molecule has 0 saturated heterocycles. The highest BCUT2D eigenvalue weighted by Gasteiger charge is 2.29. The minimum Gasteiger partial charge on any atom is -0.505 e. The molecule has 0 bridgehead atoms. The van der Waals surface area contributed by atoms with Gasteiger partial charge < -0.3 is 21.5 Å². The lowest BCUT2D eigenvalue weighted by Gasteiger charge is -2.14. The number of hydrogen-bond acceptors (Lipinski definition) is 23. The first-order valence-electron chi connectivity index (χ1n) is 16.9. The maximum Gasteiger partial charge on any atom is 0.296 e. The van der Waals surface area contributed by atoms with E-state index in [2.05, 4.69) is 46.0 Å². The molecule has 67 heavy (non-hydrogen) atoms. The number of aromatic nitrogens is 3. The van der Waals surface area contributed by atoms with Crippen LogP contribution < -0.4 is 16.4 Å². The van der Waals surface area contributed by atoms with Crippen molar-refractivity contribution < 1.29 is 82.9 Å². The van der Waals surface area contributed by atoms with E-state index >= 15 is 0 Å². The minimum atomic E-state index is -5.55. The summed E-state index contributed by atoms with van der Waals surface area (Å²) in [6, 6.07) is 9.40. The molecule has 0 aliphatic carbocycles. The zero-order valence-electron chi connectivity index (χ0n) is 32.0. The van der Waals surface area contributed by atoms with Gasteiger partial charge in [-0.25, -0.2) is 0 Å². The van der Waals surface area contributed by atoms with Crippen LogP contribution in [0.2, 0.25) is 5.28 Å². The normalized spacial score (nSPS) is 13.1. The first-order chi connectivity index (χ1) is 30.7. The maximum atomic E-state index is 12.6. The SMILES string of the molecule is Nc1c(N=Nc2cc(S(=O)(=O)O)ccc2S(=O)(=O)O)c(S(=O)(=O)O)cc2cc(S(=O)(=O)O)c(N=Nc3cc(Nc4nc(Cl)nc(Nc5ccc(S(=O)(=O)O)cc5)n4)ccc3S(=O)(=O)O)c(O)c12. The number of phenols is 1. The van der Waals surface area contributed by atoms with Gasteiger partial charge in [0.05, 0.1) is 20.9 Å². The molecule has 354 valence electrons. The number of nitrogens with two attached hydrogens (primary N) is 1. The molecule has 5 aromatic carbocycles. The van der Waals surface area contributed by atoms with Gasteiger partial charge in [-0.2, -0.15) is 65.5 Å². The third kappa shape index (κ3) is 11.4. The second-order valence-corrected chi connectivity index (χ2v) is 21.6. The van der Waals surface area contributed by atoms with E-state index in [0.717, 1.165) is 30.3 Å². The molecule has 0 radical (unpaired) electrons.